The van der Waals surface area contributed by atoms with E-state index >= 15 is 0 Å². The third kappa shape index (κ3) is 4.97. The minimum Gasteiger partial charge on any atom is -0.368 e. The summed E-state index contributed by atoms with van der Waals surface area (Å²) < 4.78 is 0. The number of carbonyl (C=O) groups excluding carboxylic acids is 2. The Balaban J connectivity index is 3.89. The molecule has 0 bridgehead atoms. The van der Waals surface area contributed by atoms with E-state index in [1.807, 2.05) is 0 Å². The zero-order chi connectivity index (χ0) is 8.85. The largest absolute Gasteiger partial charge is 0.368 e. The molecule has 0 fully saturated rings. The minimum absolute atomic E-state index is 0.267. The quantitative estimate of drug-likeness (QED) is 0.419. The molecule has 0 aliphatic heterocycles. The highest BCUT2D eigenvalue weighted by atomic mass is 33.1. The molecule has 0 aromatic heterocycles. The molecule has 4 nitrogen and oxygen atoms in total. The summed E-state index contributed by atoms with van der Waals surface area (Å²) in [5.74, 6) is -0.421. The van der Waals surface area contributed by atoms with Crippen molar-refractivity contribution >= 4 is 34.3 Å². The second kappa shape index (κ2) is 5.31. The van der Waals surface area contributed by atoms with Crippen molar-refractivity contribution in [3.05, 3.63) is 0 Å². The molecular weight excluding hydrogens is 184 g/mol. The summed E-state index contributed by atoms with van der Waals surface area (Å²) in [6.45, 7) is 1.33. The molecule has 0 aromatic rings. The maximum Gasteiger partial charge on any atom is 0.240 e. The molecular formula is C5H10N2O2S2. The fourth-order valence-electron chi connectivity index (χ4n) is 0.515. The summed E-state index contributed by atoms with van der Waals surface area (Å²) in [7, 11) is 1.16. The predicted molar refractivity (Wildman–Crippen MR) is 48.2 cm³/mol. The third-order valence-corrected chi connectivity index (χ3v) is 1.89. The maximum atomic E-state index is 10.6. The average Bonchev–Trinajstić information content (AvgIpc) is 1.86. The lowest BCUT2D eigenvalue weighted by Crippen LogP contribution is -2.45. The Kier molecular flexibility index (Phi) is 5.14. The van der Waals surface area contributed by atoms with Crippen LogP contribution in [0.4, 0.5) is 0 Å². The van der Waals surface area contributed by atoms with Gasteiger partial charge in [-0.05, 0) is 0 Å². The van der Waals surface area contributed by atoms with Crippen LogP contribution in [0.15, 0.2) is 0 Å². The van der Waals surface area contributed by atoms with Gasteiger partial charge in [0.2, 0.25) is 11.8 Å². The number of amides is 2. The lowest BCUT2D eigenvalue weighted by atomic mass is 10.3. The van der Waals surface area contributed by atoms with Crippen molar-refractivity contribution in [1.29, 1.82) is 0 Å². The lowest BCUT2D eigenvalue weighted by molar-refractivity contribution is -0.125. The fourth-order valence-corrected chi connectivity index (χ4v) is 1.36. The highest BCUT2D eigenvalue weighted by Gasteiger charge is 2.14. The van der Waals surface area contributed by atoms with Crippen molar-refractivity contribution in [2.24, 2.45) is 5.73 Å². The third-order valence-electron chi connectivity index (χ3n) is 0.962. The molecule has 0 aromatic carbocycles. The van der Waals surface area contributed by atoms with E-state index in [4.69, 9.17) is 5.73 Å². The molecule has 0 radical (unpaired) electrons. The highest BCUT2D eigenvalue weighted by molar-refractivity contribution is 8.68. The number of hydrogen-bond acceptors (Lipinski definition) is 4. The van der Waals surface area contributed by atoms with Crippen LogP contribution in [-0.2, 0) is 9.59 Å². The average molecular weight is 194 g/mol. The monoisotopic (exact) mass is 194 g/mol. The van der Waals surface area contributed by atoms with Gasteiger partial charge in [0, 0.05) is 12.7 Å². The lowest BCUT2D eigenvalue weighted by Gasteiger charge is -2.11. The Morgan fingerprint density at radius 1 is 1.73 bits per heavy atom. The van der Waals surface area contributed by atoms with Crippen LogP contribution in [0.2, 0.25) is 0 Å². The molecule has 0 rings (SSSR count). The first-order chi connectivity index (χ1) is 5.07. The van der Waals surface area contributed by atoms with Gasteiger partial charge in [-0.3, -0.25) is 9.59 Å². The molecule has 0 aliphatic carbocycles. The Labute approximate surface area is 74.1 Å². The van der Waals surface area contributed by atoms with Crippen LogP contribution in [0.1, 0.15) is 6.92 Å². The van der Waals surface area contributed by atoms with E-state index in [-0.39, 0.29) is 5.91 Å². The number of thiol groups is 1. The van der Waals surface area contributed by atoms with E-state index in [2.05, 4.69) is 17.0 Å². The van der Waals surface area contributed by atoms with Gasteiger partial charge in [-0.25, -0.2) is 0 Å². The molecule has 6 heteroatoms. The van der Waals surface area contributed by atoms with Crippen LogP contribution in [0.25, 0.3) is 0 Å². The number of nitrogens with one attached hydrogen (secondary N) is 1. The van der Waals surface area contributed by atoms with Gasteiger partial charge in [0.05, 0.1) is 0 Å². The van der Waals surface area contributed by atoms with Crippen LogP contribution in [-0.4, -0.2) is 23.6 Å². The van der Waals surface area contributed by atoms with E-state index in [1.54, 1.807) is 0 Å². The van der Waals surface area contributed by atoms with E-state index in [1.165, 1.54) is 6.92 Å². The Morgan fingerprint density at radius 2 is 2.27 bits per heavy atom. The van der Waals surface area contributed by atoms with E-state index < -0.39 is 11.9 Å². The van der Waals surface area contributed by atoms with Crippen LogP contribution < -0.4 is 11.1 Å². The maximum absolute atomic E-state index is 10.6. The molecule has 1 unspecified atom stereocenters. The van der Waals surface area contributed by atoms with Crippen molar-refractivity contribution in [2.75, 3.05) is 5.75 Å². The molecule has 3 N–H and O–H groups in total. The number of primary amides is 1. The van der Waals surface area contributed by atoms with E-state index in [0.29, 0.717) is 5.75 Å². The number of carbonyl (C=O) groups is 2. The van der Waals surface area contributed by atoms with Crippen LogP contribution in [0.3, 0.4) is 0 Å². The van der Waals surface area contributed by atoms with Crippen molar-refractivity contribution < 1.29 is 9.59 Å². The van der Waals surface area contributed by atoms with Gasteiger partial charge in [0.15, 0.2) is 0 Å². The Hall–Kier alpha value is -0.360. The first kappa shape index (κ1) is 10.6. The van der Waals surface area contributed by atoms with Crippen molar-refractivity contribution in [3.63, 3.8) is 0 Å². The van der Waals surface area contributed by atoms with Gasteiger partial charge in [-0.15, -0.1) is 11.7 Å². The molecule has 11 heavy (non-hydrogen) atoms. The van der Waals surface area contributed by atoms with E-state index in [0.717, 1.165) is 10.8 Å². The molecule has 0 aliphatic rings. The summed E-state index contributed by atoms with van der Waals surface area (Å²) in [5, 5.41) is 2.40. The fraction of sp³-hybridized carbons (Fsp3) is 0.600. The smallest absolute Gasteiger partial charge is 0.240 e. The topological polar surface area (TPSA) is 72.2 Å². The summed E-state index contributed by atoms with van der Waals surface area (Å²) in [6, 6.07) is -0.616. The SMILES string of the molecule is CC(=O)NC(CSS)C(N)=O. The van der Waals surface area contributed by atoms with Gasteiger partial charge < -0.3 is 11.1 Å². The van der Waals surface area contributed by atoms with Gasteiger partial charge >= 0.3 is 0 Å². The summed E-state index contributed by atoms with van der Waals surface area (Å²) in [4.78, 5) is 21.1. The summed E-state index contributed by atoms with van der Waals surface area (Å²) in [6.07, 6.45) is 0. The van der Waals surface area contributed by atoms with Crippen molar-refractivity contribution in [1.82, 2.24) is 5.32 Å². The molecule has 64 valence electrons. The van der Waals surface area contributed by atoms with Crippen LogP contribution in [0, 0.1) is 0 Å². The van der Waals surface area contributed by atoms with Crippen molar-refractivity contribution in [3.8, 4) is 0 Å². The van der Waals surface area contributed by atoms with Crippen LogP contribution in [0.5, 0.6) is 0 Å². The van der Waals surface area contributed by atoms with Crippen molar-refractivity contribution in [2.45, 2.75) is 13.0 Å². The number of rotatable bonds is 4. The summed E-state index contributed by atoms with van der Waals surface area (Å²) in [5.41, 5.74) is 4.97. The Morgan fingerprint density at radius 3 is 2.55 bits per heavy atom. The molecule has 1 atom stereocenters. The minimum atomic E-state index is -0.616. The predicted octanol–water partition coefficient (Wildman–Crippen LogP) is -0.446. The van der Waals surface area contributed by atoms with Gasteiger partial charge in [0.25, 0.3) is 0 Å². The zero-order valence-electron chi connectivity index (χ0n) is 6.03. The van der Waals surface area contributed by atoms with E-state index in [9.17, 15) is 9.59 Å². The number of nitrogens with two attached hydrogens (primary N) is 1. The normalized spacial score (nSPS) is 12.2. The van der Waals surface area contributed by atoms with Gasteiger partial charge in [0.1, 0.15) is 6.04 Å². The second-order valence-electron chi connectivity index (χ2n) is 1.95. The summed E-state index contributed by atoms with van der Waals surface area (Å²) >= 11 is 3.83. The standard InChI is InChI=1S/C5H10N2O2S2/c1-3(8)7-4(2-11-10)5(6)9/h4,10H,2H2,1H3,(H2,6,9)(H,7,8). The molecule has 0 spiro atoms. The van der Waals surface area contributed by atoms with Gasteiger partial charge in [-0.2, -0.15) is 0 Å². The van der Waals surface area contributed by atoms with Gasteiger partial charge in [-0.1, -0.05) is 10.8 Å². The highest BCUT2D eigenvalue weighted by Crippen LogP contribution is 2.06. The molecule has 0 heterocycles. The number of hydrogen-bond donors (Lipinski definition) is 3. The molecule has 2 amide bonds. The van der Waals surface area contributed by atoms with Crippen LogP contribution >= 0.6 is 22.5 Å². The first-order valence-corrected chi connectivity index (χ1v) is 4.94. The molecule has 0 saturated carbocycles. The second-order valence-corrected chi connectivity index (χ2v) is 3.32. The zero-order valence-corrected chi connectivity index (χ0v) is 7.74. The Bertz CT molecular complexity index is 163. The first-order valence-electron chi connectivity index (χ1n) is 2.90. The molecule has 0 saturated heterocycles.